The van der Waals surface area contributed by atoms with Crippen LogP contribution in [-0.2, 0) is 27.3 Å². The van der Waals surface area contributed by atoms with Crippen LogP contribution in [0.4, 0.5) is 5.69 Å². The smallest absolute Gasteiger partial charge is 0.252 e. The fourth-order valence-corrected chi connectivity index (χ4v) is 7.08. The average molecular weight is 553 g/mol. The summed E-state index contributed by atoms with van der Waals surface area (Å²) >= 11 is 0. The number of fused-ring (bicyclic) bond motifs is 3. The number of carbonyl (C=O) groups is 3. The van der Waals surface area contributed by atoms with Gasteiger partial charge in [0.25, 0.3) is 5.91 Å². The fraction of sp³-hybridized carbons (Fsp3) is 0.581. The molecule has 40 heavy (non-hydrogen) atoms. The van der Waals surface area contributed by atoms with Gasteiger partial charge in [-0.05, 0) is 80.4 Å². The van der Waals surface area contributed by atoms with E-state index in [1.807, 2.05) is 30.8 Å². The van der Waals surface area contributed by atoms with Gasteiger partial charge in [0.15, 0.2) is 5.60 Å². The van der Waals surface area contributed by atoms with Crippen molar-refractivity contribution < 1.29 is 24.6 Å². The minimum absolute atomic E-state index is 0.0630. The molecular weight excluding hydrogens is 508 g/mol. The molecule has 0 saturated heterocycles. The molecule has 3 aliphatic carbocycles. The molecule has 5 N–H and O–H groups in total. The second-order valence-electron chi connectivity index (χ2n) is 13.4. The molecule has 4 rings (SSSR count). The van der Waals surface area contributed by atoms with Gasteiger partial charge in [-0.3, -0.25) is 14.4 Å². The van der Waals surface area contributed by atoms with Crippen molar-refractivity contribution in [1.82, 2.24) is 10.2 Å². The number of nitrogens with one attached hydrogen (secondary N) is 1. The Morgan fingerprint density at radius 1 is 1.15 bits per heavy atom. The van der Waals surface area contributed by atoms with E-state index in [9.17, 15) is 24.6 Å². The first kappa shape index (κ1) is 30.0. The normalized spacial score (nSPS) is 26.6. The molecule has 1 amide bonds. The van der Waals surface area contributed by atoms with Gasteiger partial charge in [0.1, 0.15) is 5.76 Å². The second kappa shape index (κ2) is 10.1. The van der Waals surface area contributed by atoms with Crippen molar-refractivity contribution >= 4 is 28.9 Å². The highest BCUT2D eigenvalue weighted by molar-refractivity contribution is 6.33. The molecule has 0 heterocycles. The summed E-state index contributed by atoms with van der Waals surface area (Å²) in [5, 5.41) is 27.2. The van der Waals surface area contributed by atoms with E-state index in [4.69, 9.17) is 5.73 Å². The van der Waals surface area contributed by atoms with E-state index in [0.29, 0.717) is 30.5 Å². The van der Waals surface area contributed by atoms with Crippen LogP contribution in [0.2, 0.25) is 0 Å². The first-order valence-electron chi connectivity index (χ1n) is 13.9. The van der Waals surface area contributed by atoms with E-state index in [2.05, 4.69) is 32.2 Å². The molecule has 218 valence electrons. The number of rotatable bonds is 6. The topological polar surface area (TPSA) is 136 Å². The van der Waals surface area contributed by atoms with Crippen LogP contribution in [0.1, 0.15) is 56.4 Å². The predicted octanol–water partition coefficient (Wildman–Crippen LogP) is 2.27. The number of hydrogen-bond donors (Lipinski definition) is 4. The Labute approximate surface area is 237 Å². The van der Waals surface area contributed by atoms with E-state index < -0.39 is 41.0 Å². The molecule has 1 aromatic carbocycles. The minimum atomic E-state index is -2.49. The third-order valence-electron chi connectivity index (χ3n) is 8.84. The summed E-state index contributed by atoms with van der Waals surface area (Å²) in [4.78, 5) is 44.0. The Morgan fingerprint density at radius 3 is 2.30 bits per heavy atom. The second-order valence-corrected chi connectivity index (χ2v) is 13.4. The Kier molecular flexibility index (Phi) is 7.58. The monoisotopic (exact) mass is 552 g/mol. The average Bonchev–Trinajstić information content (AvgIpc) is 2.81. The van der Waals surface area contributed by atoms with Gasteiger partial charge < -0.3 is 31.1 Å². The third-order valence-corrected chi connectivity index (χ3v) is 8.84. The van der Waals surface area contributed by atoms with Gasteiger partial charge in [-0.15, -0.1) is 0 Å². The number of carbonyl (C=O) groups excluding carboxylic acids is 3. The van der Waals surface area contributed by atoms with Gasteiger partial charge in [0.05, 0.1) is 5.57 Å². The van der Waals surface area contributed by atoms with Crippen molar-refractivity contribution in [3.05, 3.63) is 45.0 Å². The molecule has 9 heteroatoms. The number of aliphatic hydroxyl groups is 2. The summed E-state index contributed by atoms with van der Waals surface area (Å²) in [6, 6.07) is 1.59. The fourth-order valence-electron chi connectivity index (χ4n) is 7.08. The van der Waals surface area contributed by atoms with E-state index in [1.54, 1.807) is 21.0 Å². The minimum Gasteiger partial charge on any atom is -0.507 e. The van der Waals surface area contributed by atoms with Crippen LogP contribution in [0.3, 0.4) is 0 Å². The number of ketones is 2. The van der Waals surface area contributed by atoms with Crippen molar-refractivity contribution in [2.24, 2.45) is 23.0 Å². The molecule has 1 saturated carbocycles. The van der Waals surface area contributed by atoms with Gasteiger partial charge in [-0.1, -0.05) is 20.8 Å². The van der Waals surface area contributed by atoms with Crippen LogP contribution in [-0.4, -0.2) is 79.0 Å². The number of nitrogens with two attached hydrogens (primary N) is 1. The van der Waals surface area contributed by atoms with Crippen molar-refractivity contribution in [2.75, 3.05) is 39.6 Å². The maximum Gasteiger partial charge on any atom is 0.252 e. The first-order chi connectivity index (χ1) is 18.4. The zero-order chi connectivity index (χ0) is 30.1. The lowest BCUT2D eigenvalue weighted by Crippen LogP contribution is -2.67. The molecule has 9 nitrogen and oxygen atoms in total. The molecule has 3 aliphatic rings. The lowest BCUT2D eigenvalue weighted by molar-refractivity contribution is -0.160. The molecule has 1 aromatic rings. The summed E-state index contributed by atoms with van der Waals surface area (Å²) in [5.74, 6) is -4.15. The number of benzene rings is 1. The number of nitrogens with zero attached hydrogens (tertiary/aromatic N) is 2. The highest BCUT2D eigenvalue weighted by atomic mass is 16.3. The number of aliphatic hydroxyl groups excluding tert-OH is 1. The van der Waals surface area contributed by atoms with Crippen molar-refractivity contribution in [2.45, 2.75) is 65.6 Å². The largest absolute Gasteiger partial charge is 0.507 e. The van der Waals surface area contributed by atoms with Gasteiger partial charge in [-0.2, -0.15) is 0 Å². The van der Waals surface area contributed by atoms with Crippen LogP contribution >= 0.6 is 0 Å². The Balaban J connectivity index is 1.90. The van der Waals surface area contributed by atoms with Gasteiger partial charge in [0, 0.05) is 56.0 Å². The van der Waals surface area contributed by atoms with Crippen LogP contribution in [0.25, 0.3) is 5.76 Å². The lowest BCUT2D eigenvalue weighted by atomic mass is 9.56. The third kappa shape index (κ3) is 4.58. The standard InChI is InChI=1S/C31H44N4O5/c1-15-18(13-33-14-30(3,4)5)12-21(34(6)7)19-10-17-11-20-25(35(8)9)16(2)23(29(32)39)27(37)31(20,40)28(38)24(17)26(36)22(15)19/h12,17,20,25,33,36,40H,10-11,13-14H2,1-9H3,(H2,32,39)/t17-,20-,25+,31+/m0/s1. The predicted molar refractivity (Wildman–Crippen MR) is 156 cm³/mol. The van der Waals surface area contributed by atoms with E-state index in [0.717, 1.165) is 28.9 Å². The number of Topliss-reactive ketones (excluding diaryl/α,β-unsaturated/α-hetero) is 2. The summed E-state index contributed by atoms with van der Waals surface area (Å²) in [7, 11) is 7.49. The number of anilines is 1. The molecular formula is C31H44N4O5. The molecule has 0 unspecified atom stereocenters. The highest BCUT2D eigenvalue weighted by Gasteiger charge is 2.64. The van der Waals surface area contributed by atoms with E-state index in [-0.39, 0.29) is 22.3 Å². The van der Waals surface area contributed by atoms with Crippen LogP contribution < -0.4 is 16.0 Å². The molecule has 0 aliphatic heterocycles. The van der Waals surface area contributed by atoms with Gasteiger partial charge in [-0.25, -0.2) is 0 Å². The van der Waals surface area contributed by atoms with Crippen LogP contribution in [0.15, 0.2) is 22.8 Å². The molecule has 4 atom stereocenters. The summed E-state index contributed by atoms with van der Waals surface area (Å²) < 4.78 is 0. The quantitative estimate of drug-likeness (QED) is 0.312. The van der Waals surface area contributed by atoms with E-state index >= 15 is 0 Å². The van der Waals surface area contributed by atoms with Crippen molar-refractivity contribution in [3.8, 4) is 0 Å². The maximum atomic E-state index is 14.2. The van der Waals surface area contributed by atoms with Gasteiger partial charge >= 0.3 is 0 Å². The highest BCUT2D eigenvalue weighted by Crippen LogP contribution is 2.52. The molecule has 0 aromatic heterocycles. The Morgan fingerprint density at radius 2 is 1.77 bits per heavy atom. The van der Waals surface area contributed by atoms with Crippen LogP contribution in [0, 0.1) is 24.2 Å². The first-order valence-corrected chi connectivity index (χ1v) is 13.9. The zero-order valence-electron chi connectivity index (χ0n) is 25.2. The zero-order valence-corrected chi connectivity index (χ0v) is 25.2. The maximum absolute atomic E-state index is 14.2. The van der Waals surface area contributed by atoms with Crippen molar-refractivity contribution in [1.29, 1.82) is 0 Å². The number of hydrogen-bond acceptors (Lipinski definition) is 8. The SMILES string of the molecule is CC1=C(C(N)=O)C(=O)[C@@]2(O)C(=O)C3=C(O)c4c(C)c(CNCC(C)(C)C)cc(N(C)C)c4C[C@H]3C[C@H]2[C@@H]1N(C)C. The van der Waals surface area contributed by atoms with Crippen LogP contribution in [0.5, 0.6) is 0 Å². The molecule has 0 bridgehead atoms. The summed E-state index contributed by atoms with van der Waals surface area (Å²) in [6.45, 7) is 11.4. The summed E-state index contributed by atoms with van der Waals surface area (Å²) in [5.41, 5.74) is 7.70. The molecule has 0 radical (unpaired) electrons. The molecule has 0 spiro atoms. The number of primary amides is 1. The van der Waals surface area contributed by atoms with E-state index in [1.165, 1.54) is 0 Å². The Hall–Kier alpha value is -3.01. The van der Waals surface area contributed by atoms with Gasteiger partial charge in [0.2, 0.25) is 11.6 Å². The number of amides is 1. The number of likely N-dealkylation sites (N-methyl/N-ethyl adjacent to an activating group) is 1. The summed E-state index contributed by atoms with van der Waals surface area (Å²) in [6.07, 6.45) is 0.775. The Bertz CT molecular complexity index is 1350. The lowest BCUT2D eigenvalue weighted by Gasteiger charge is -2.51. The molecule has 1 fully saturated rings. The van der Waals surface area contributed by atoms with Crippen molar-refractivity contribution in [3.63, 3.8) is 0 Å².